The van der Waals surface area contributed by atoms with Gasteiger partial charge < -0.3 is 15.1 Å². The number of hydrogen-bond donors (Lipinski definition) is 1. The number of nitrogens with zero attached hydrogens (tertiary/aromatic N) is 2. The lowest BCUT2D eigenvalue weighted by Gasteiger charge is -2.19. The van der Waals surface area contributed by atoms with Crippen LogP contribution in [-0.4, -0.2) is 30.8 Å². The fourth-order valence-electron chi connectivity index (χ4n) is 4.20. The van der Waals surface area contributed by atoms with Crippen molar-refractivity contribution in [2.45, 2.75) is 33.6 Å². The van der Waals surface area contributed by atoms with E-state index in [0.717, 1.165) is 40.2 Å². The number of nitrogens with one attached hydrogen (secondary N) is 1. The molecule has 1 saturated heterocycles. The summed E-state index contributed by atoms with van der Waals surface area (Å²) in [5.41, 5.74) is 5.70. The molecule has 2 aromatic carbocycles. The van der Waals surface area contributed by atoms with Gasteiger partial charge in [-0.25, -0.2) is 0 Å². The highest BCUT2D eigenvalue weighted by atomic mass is 16.2. The quantitative estimate of drug-likeness (QED) is 0.874. The third-order valence-electron chi connectivity index (χ3n) is 5.79. The smallest absolute Gasteiger partial charge is 0.229 e. The summed E-state index contributed by atoms with van der Waals surface area (Å²) in [6, 6.07) is 11.6. The Morgan fingerprint density at radius 3 is 2.62 bits per heavy atom. The maximum atomic E-state index is 12.7. The minimum absolute atomic E-state index is 0.0249. The Balaban J connectivity index is 1.48. The Labute approximate surface area is 170 Å². The third-order valence-corrected chi connectivity index (χ3v) is 5.79. The van der Waals surface area contributed by atoms with E-state index in [1.54, 1.807) is 16.7 Å². The van der Waals surface area contributed by atoms with Crippen molar-refractivity contribution in [2.24, 2.45) is 5.92 Å². The molecule has 1 fully saturated rings. The highest BCUT2D eigenvalue weighted by Crippen LogP contribution is 2.34. The number of carbonyl (C=O) groups is 3. The molecule has 1 atom stereocenters. The zero-order valence-corrected chi connectivity index (χ0v) is 17.0. The average Bonchev–Trinajstić information content (AvgIpc) is 3.27. The fourth-order valence-corrected chi connectivity index (χ4v) is 4.20. The van der Waals surface area contributed by atoms with Gasteiger partial charge in [-0.05, 0) is 55.7 Å². The fraction of sp³-hybridized carbons (Fsp3) is 0.348. The molecule has 0 bridgehead atoms. The minimum Gasteiger partial charge on any atom is -0.326 e. The van der Waals surface area contributed by atoms with Gasteiger partial charge in [-0.3, -0.25) is 14.4 Å². The van der Waals surface area contributed by atoms with Crippen LogP contribution in [0.3, 0.4) is 0 Å². The van der Waals surface area contributed by atoms with E-state index in [2.05, 4.69) is 5.32 Å². The molecule has 0 radical (unpaired) electrons. The molecule has 2 aliphatic heterocycles. The van der Waals surface area contributed by atoms with Crippen LogP contribution in [-0.2, 0) is 20.8 Å². The van der Waals surface area contributed by atoms with Crippen molar-refractivity contribution in [3.8, 4) is 0 Å². The molecule has 0 aromatic heterocycles. The van der Waals surface area contributed by atoms with Crippen LogP contribution in [0, 0.1) is 19.8 Å². The first-order valence-electron chi connectivity index (χ1n) is 9.93. The second-order valence-corrected chi connectivity index (χ2v) is 7.95. The van der Waals surface area contributed by atoms with E-state index in [9.17, 15) is 14.4 Å². The third kappa shape index (κ3) is 3.62. The Morgan fingerprint density at radius 2 is 1.90 bits per heavy atom. The van der Waals surface area contributed by atoms with Gasteiger partial charge in [0.1, 0.15) is 0 Å². The summed E-state index contributed by atoms with van der Waals surface area (Å²) in [6.07, 6.45) is 0.981. The molecule has 150 valence electrons. The van der Waals surface area contributed by atoms with E-state index >= 15 is 0 Å². The molecule has 2 aromatic rings. The molecule has 3 amide bonds. The Morgan fingerprint density at radius 1 is 1.10 bits per heavy atom. The first-order valence-corrected chi connectivity index (χ1v) is 9.93. The van der Waals surface area contributed by atoms with E-state index in [-0.39, 0.29) is 30.1 Å². The SMILES string of the molecule is CC(=O)N1CCc2cc(N3C[C@@H](C(=O)Nc4ccc(C)cc4C)CC3=O)ccc21. The molecule has 6 heteroatoms. The zero-order valence-electron chi connectivity index (χ0n) is 17.0. The van der Waals surface area contributed by atoms with Crippen LogP contribution in [0.5, 0.6) is 0 Å². The summed E-state index contributed by atoms with van der Waals surface area (Å²) in [6.45, 7) is 6.57. The number of hydrogen-bond acceptors (Lipinski definition) is 3. The maximum Gasteiger partial charge on any atom is 0.229 e. The van der Waals surface area contributed by atoms with E-state index in [0.29, 0.717) is 13.1 Å². The van der Waals surface area contributed by atoms with Crippen molar-refractivity contribution >= 4 is 34.8 Å². The van der Waals surface area contributed by atoms with E-state index < -0.39 is 0 Å². The molecule has 2 aliphatic rings. The van der Waals surface area contributed by atoms with Crippen LogP contribution in [0.25, 0.3) is 0 Å². The number of anilines is 3. The molecule has 29 heavy (non-hydrogen) atoms. The van der Waals surface area contributed by atoms with Crippen LogP contribution < -0.4 is 15.1 Å². The molecule has 6 nitrogen and oxygen atoms in total. The molecule has 0 spiro atoms. The van der Waals surface area contributed by atoms with Crippen molar-refractivity contribution in [3.63, 3.8) is 0 Å². The standard InChI is InChI=1S/C23H25N3O3/c1-14-4-6-20(15(2)10-14)24-23(29)18-12-22(28)26(13-18)19-5-7-21-17(11-19)8-9-25(21)16(3)27/h4-7,10-11,18H,8-9,12-13H2,1-3H3,(H,24,29)/t18-/m0/s1. The normalized spacial score (nSPS) is 18.2. The van der Waals surface area contributed by atoms with Crippen LogP contribution >= 0.6 is 0 Å². The summed E-state index contributed by atoms with van der Waals surface area (Å²) in [7, 11) is 0. The van der Waals surface area contributed by atoms with Gasteiger partial charge in [0.2, 0.25) is 17.7 Å². The minimum atomic E-state index is -0.384. The second-order valence-electron chi connectivity index (χ2n) is 7.95. The average molecular weight is 391 g/mol. The second kappa shape index (κ2) is 7.35. The van der Waals surface area contributed by atoms with E-state index in [4.69, 9.17) is 0 Å². The van der Waals surface area contributed by atoms with Gasteiger partial charge in [-0.2, -0.15) is 0 Å². The van der Waals surface area contributed by atoms with Gasteiger partial charge in [-0.1, -0.05) is 17.7 Å². The van der Waals surface area contributed by atoms with Crippen LogP contribution in [0.1, 0.15) is 30.0 Å². The summed E-state index contributed by atoms with van der Waals surface area (Å²) in [5.74, 6) is -0.536. The summed E-state index contributed by atoms with van der Waals surface area (Å²) < 4.78 is 0. The monoisotopic (exact) mass is 391 g/mol. The zero-order chi connectivity index (χ0) is 20.7. The van der Waals surface area contributed by atoms with Gasteiger partial charge in [-0.15, -0.1) is 0 Å². The van der Waals surface area contributed by atoms with Gasteiger partial charge in [0.05, 0.1) is 5.92 Å². The summed E-state index contributed by atoms with van der Waals surface area (Å²) >= 11 is 0. The first kappa shape index (κ1) is 19.2. The molecular weight excluding hydrogens is 366 g/mol. The Hall–Kier alpha value is -3.15. The number of rotatable bonds is 3. The van der Waals surface area contributed by atoms with Gasteiger partial charge in [0.15, 0.2) is 0 Å². The van der Waals surface area contributed by atoms with E-state index in [1.807, 2.05) is 50.2 Å². The Bertz CT molecular complexity index is 1010. The van der Waals surface area contributed by atoms with Crippen LogP contribution in [0.2, 0.25) is 0 Å². The van der Waals surface area contributed by atoms with Crippen molar-refractivity contribution in [3.05, 3.63) is 53.1 Å². The predicted octanol–water partition coefficient (Wildman–Crippen LogP) is 3.20. The molecule has 0 unspecified atom stereocenters. The lowest BCUT2D eigenvalue weighted by Crippen LogP contribution is -2.28. The topological polar surface area (TPSA) is 69.7 Å². The number of fused-ring (bicyclic) bond motifs is 1. The summed E-state index contributed by atoms with van der Waals surface area (Å²) in [4.78, 5) is 40.5. The van der Waals surface area contributed by atoms with Crippen molar-refractivity contribution < 1.29 is 14.4 Å². The maximum absolute atomic E-state index is 12.7. The number of benzene rings is 2. The number of amides is 3. The van der Waals surface area contributed by atoms with Gasteiger partial charge in [0, 0.05) is 43.5 Å². The number of aryl methyl sites for hydroxylation is 2. The lowest BCUT2D eigenvalue weighted by molar-refractivity contribution is -0.122. The molecule has 1 N–H and O–H groups in total. The first-order chi connectivity index (χ1) is 13.8. The summed E-state index contributed by atoms with van der Waals surface area (Å²) in [5, 5.41) is 2.97. The highest BCUT2D eigenvalue weighted by Gasteiger charge is 2.36. The lowest BCUT2D eigenvalue weighted by atomic mass is 10.1. The molecule has 2 heterocycles. The predicted molar refractivity (Wildman–Crippen MR) is 113 cm³/mol. The van der Waals surface area contributed by atoms with Crippen LogP contribution in [0.4, 0.5) is 17.1 Å². The van der Waals surface area contributed by atoms with E-state index in [1.165, 1.54) is 0 Å². The largest absolute Gasteiger partial charge is 0.326 e. The van der Waals surface area contributed by atoms with Crippen LogP contribution in [0.15, 0.2) is 36.4 Å². The van der Waals surface area contributed by atoms with Crippen molar-refractivity contribution in [2.75, 3.05) is 28.2 Å². The van der Waals surface area contributed by atoms with Crippen molar-refractivity contribution in [1.82, 2.24) is 0 Å². The highest BCUT2D eigenvalue weighted by molar-refractivity contribution is 6.04. The van der Waals surface area contributed by atoms with Gasteiger partial charge >= 0.3 is 0 Å². The number of carbonyl (C=O) groups excluding carboxylic acids is 3. The van der Waals surface area contributed by atoms with Crippen molar-refractivity contribution in [1.29, 1.82) is 0 Å². The molecule has 0 aliphatic carbocycles. The Kier molecular flexibility index (Phi) is 4.86. The van der Waals surface area contributed by atoms with Gasteiger partial charge in [0.25, 0.3) is 0 Å². The molecular formula is C23H25N3O3. The molecule has 4 rings (SSSR count). The molecule has 0 saturated carbocycles.